The summed E-state index contributed by atoms with van der Waals surface area (Å²) >= 11 is 0. The van der Waals surface area contributed by atoms with E-state index >= 15 is 0 Å². The lowest BCUT2D eigenvalue weighted by atomic mass is 9.90. The molecule has 0 rings (SSSR count). The molecule has 0 fully saturated rings. The monoisotopic (exact) mass is 289 g/mol. The van der Waals surface area contributed by atoms with E-state index in [0.717, 1.165) is 5.71 Å². The van der Waals surface area contributed by atoms with Crippen LogP contribution in [0.5, 0.6) is 0 Å². The van der Waals surface area contributed by atoms with Gasteiger partial charge in [0.25, 0.3) is 0 Å². The third-order valence-corrected chi connectivity index (χ3v) is 3.89. The zero-order chi connectivity index (χ0) is 15.8. The maximum Gasteiger partial charge on any atom is 0.0428 e. The van der Waals surface area contributed by atoms with Crippen LogP contribution < -0.4 is 0 Å². The van der Waals surface area contributed by atoms with E-state index < -0.39 is 0 Å². The van der Waals surface area contributed by atoms with Gasteiger partial charge in [0, 0.05) is 17.8 Å². The van der Waals surface area contributed by atoms with Gasteiger partial charge >= 0.3 is 0 Å². The molecule has 0 saturated carbocycles. The van der Waals surface area contributed by atoms with Crippen LogP contribution in [0.2, 0.25) is 0 Å². The molecule has 0 aliphatic heterocycles. The van der Waals surface area contributed by atoms with Gasteiger partial charge in [-0.2, -0.15) is 0 Å². The number of aliphatic imine (C=N–C) groups is 1. The maximum atomic E-state index is 4.57. The predicted molar refractivity (Wildman–Crippen MR) is 98.0 cm³/mol. The van der Waals surface area contributed by atoms with Gasteiger partial charge in [0.05, 0.1) is 0 Å². The van der Waals surface area contributed by atoms with Crippen molar-refractivity contribution in [3.63, 3.8) is 0 Å². The van der Waals surface area contributed by atoms with Crippen molar-refractivity contribution < 1.29 is 0 Å². The summed E-state index contributed by atoms with van der Waals surface area (Å²) < 4.78 is 0. The van der Waals surface area contributed by atoms with Crippen LogP contribution in [0.4, 0.5) is 0 Å². The minimum Gasteiger partial charge on any atom is -0.261 e. The molecule has 0 bridgehead atoms. The second kappa shape index (κ2) is 15.3. The largest absolute Gasteiger partial charge is 0.261 e. The van der Waals surface area contributed by atoms with E-state index in [-0.39, 0.29) is 0 Å². The Morgan fingerprint density at radius 3 is 2.05 bits per heavy atom. The Balaban J connectivity index is 4.45. The van der Waals surface area contributed by atoms with E-state index in [1.807, 2.05) is 18.4 Å². The van der Waals surface area contributed by atoms with E-state index in [1.54, 1.807) is 6.08 Å². The quantitative estimate of drug-likeness (QED) is 0.188. The van der Waals surface area contributed by atoms with Gasteiger partial charge in [-0.1, -0.05) is 84.4 Å². The SMILES string of the molecule is C=C/C=C\N=C(C=C)C(CCCCC)CCCCCCC. The highest BCUT2D eigenvalue weighted by atomic mass is 14.7. The van der Waals surface area contributed by atoms with Crippen molar-refractivity contribution in [1.82, 2.24) is 0 Å². The summed E-state index contributed by atoms with van der Waals surface area (Å²) in [5.41, 5.74) is 1.15. The minimum atomic E-state index is 0.574. The van der Waals surface area contributed by atoms with Gasteiger partial charge < -0.3 is 0 Å². The third kappa shape index (κ3) is 11.2. The van der Waals surface area contributed by atoms with Crippen LogP contribution in [0.1, 0.15) is 78.1 Å². The van der Waals surface area contributed by atoms with Crippen molar-refractivity contribution in [2.45, 2.75) is 78.1 Å². The Kier molecular flexibility index (Phi) is 14.5. The Hall–Kier alpha value is -1.11. The summed E-state index contributed by atoms with van der Waals surface area (Å²) in [7, 11) is 0. The fourth-order valence-corrected chi connectivity index (χ4v) is 2.59. The molecule has 0 amide bonds. The van der Waals surface area contributed by atoms with Crippen LogP contribution in [0, 0.1) is 5.92 Å². The summed E-state index contributed by atoms with van der Waals surface area (Å²) in [5.74, 6) is 0.574. The summed E-state index contributed by atoms with van der Waals surface area (Å²) in [5, 5.41) is 0. The number of hydrogen-bond acceptors (Lipinski definition) is 1. The molecule has 21 heavy (non-hydrogen) atoms. The highest BCUT2D eigenvalue weighted by molar-refractivity contribution is 5.96. The van der Waals surface area contributed by atoms with Crippen molar-refractivity contribution in [3.05, 3.63) is 37.6 Å². The second-order valence-electron chi connectivity index (χ2n) is 5.73. The number of nitrogens with zero attached hydrogens (tertiary/aromatic N) is 1. The van der Waals surface area contributed by atoms with Crippen molar-refractivity contribution in [2.24, 2.45) is 10.9 Å². The Morgan fingerprint density at radius 1 is 0.905 bits per heavy atom. The normalized spacial score (nSPS) is 13.5. The lowest BCUT2D eigenvalue weighted by molar-refractivity contribution is 0.496. The standard InChI is InChI=1S/C20H35N/c1-5-9-12-13-15-17-19(16-14-10-6-2)20(8-4)21-18-11-7-3/h7-8,11,18-19H,3-6,9-10,12-17H2,1-2H3/b18-11-,21-20?. The van der Waals surface area contributed by atoms with Gasteiger partial charge in [0.15, 0.2) is 0 Å². The Morgan fingerprint density at radius 2 is 1.48 bits per heavy atom. The average Bonchev–Trinajstić information content (AvgIpc) is 2.50. The molecule has 0 saturated heterocycles. The van der Waals surface area contributed by atoms with E-state index in [2.05, 4.69) is 32.0 Å². The fraction of sp³-hybridized carbons (Fsp3) is 0.650. The predicted octanol–water partition coefficient (Wildman–Crippen LogP) is 6.87. The van der Waals surface area contributed by atoms with Crippen molar-refractivity contribution in [1.29, 1.82) is 0 Å². The topological polar surface area (TPSA) is 12.4 Å². The van der Waals surface area contributed by atoms with E-state index in [9.17, 15) is 0 Å². The average molecular weight is 290 g/mol. The molecule has 1 unspecified atom stereocenters. The van der Waals surface area contributed by atoms with Crippen molar-refractivity contribution in [3.8, 4) is 0 Å². The Labute approximate surface area is 132 Å². The molecule has 1 atom stereocenters. The number of unbranched alkanes of at least 4 members (excludes halogenated alkanes) is 6. The first-order chi connectivity index (χ1) is 10.3. The van der Waals surface area contributed by atoms with E-state index in [1.165, 1.54) is 64.2 Å². The first-order valence-electron chi connectivity index (χ1n) is 8.77. The minimum absolute atomic E-state index is 0.574. The smallest absolute Gasteiger partial charge is 0.0428 e. The molecule has 0 radical (unpaired) electrons. The molecular formula is C20H35N. The lowest BCUT2D eigenvalue weighted by Gasteiger charge is -2.17. The van der Waals surface area contributed by atoms with Crippen LogP contribution in [0.15, 0.2) is 42.6 Å². The summed E-state index contributed by atoms with van der Waals surface area (Å²) in [6.07, 6.45) is 20.5. The Bertz CT molecular complexity index is 312. The van der Waals surface area contributed by atoms with Crippen LogP contribution in [-0.4, -0.2) is 5.71 Å². The van der Waals surface area contributed by atoms with Gasteiger partial charge in [-0.3, -0.25) is 4.99 Å². The van der Waals surface area contributed by atoms with Gasteiger partial charge in [-0.05, 0) is 25.0 Å². The number of allylic oxidation sites excluding steroid dienone is 3. The molecule has 0 aliphatic carbocycles. The van der Waals surface area contributed by atoms with E-state index in [4.69, 9.17) is 0 Å². The van der Waals surface area contributed by atoms with Crippen LogP contribution >= 0.6 is 0 Å². The third-order valence-electron chi connectivity index (χ3n) is 3.89. The molecule has 0 N–H and O–H groups in total. The highest BCUT2D eigenvalue weighted by Gasteiger charge is 2.12. The molecule has 1 nitrogen and oxygen atoms in total. The molecule has 0 spiro atoms. The second-order valence-corrected chi connectivity index (χ2v) is 5.73. The van der Waals surface area contributed by atoms with Gasteiger partial charge in [0.1, 0.15) is 0 Å². The van der Waals surface area contributed by atoms with Gasteiger partial charge in [0.2, 0.25) is 0 Å². The number of hydrogen-bond donors (Lipinski definition) is 0. The highest BCUT2D eigenvalue weighted by Crippen LogP contribution is 2.20. The molecular weight excluding hydrogens is 254 g/mol. The molecule has 0 aromatic rings. The van der Waals surface area contributed by atoms with Gasteiger partial charge in [-0.25, -0.2) is 0 Å². The first-order valence-corrected chi connectivity index (χ1v) is 8.77. The first kappa shape index (κ1) is 19.9. The fourth-order valence-electron chi connectivity index (χ4n) is 2.59. The lowest BCUT2D eigenvalue weighted by Crippen LogP contribution is -2.12. The van der Waals surface area contributed by atoms with Crippen LogP contribution in [0.25, 0.3) is 0 Å². The van der Waals surface area contributed by atoms with Crippen LogP contribution in [-0.2, 0) is 0 Å². The summed E-state index contributed by atoms with van der Waals surface area (Å²) in [6, 6.07) is 0. The summed E-state index contributed by atoms with van der Waals surface area (Å²) in [6.45, 7) is 12.2. The molecule has 0 aromatic carbocycles. The summed E-state index contributed by atoms with van der Waals surface area (Å²) in [4.78, 5) is 4.57. The molecule has 1 heteroatoms. The molecule has 0 aromatic heterocycles. The number of rotatable bonds is 14. The molecule has 0 heterocycles. The van der Waals surface area contributed by atoms with Gasteiger partial charge in [-0.15, -0.1) is 0 Å². The van der Waals surface area contributed by atoms with Crippen molar-refractivity contribution in [2.75, 3.05) is 0 Å². The van der Waals surface area contributed by atoms with Crippen LogP contribution in [0.3, 0.4) is 0 Å². The molecule has 120 valence electrons. The van der Waals surface area contributed by atoms with E-state index in [0.29, 0.717) is 5.92 Å². The maximum absolute atomic E-state index is 4.57. The zero-order valence-electron chi connectivity index (χ0n) is 14.3. The molecule has 0 aliphatic rings. The zero-order valence-corrected chi connectivity index (χ0v) is 14.3. The van der Waals surface area contributed by atoms with Crippen molar-refractivity contribution >= 4 is 5.71 Å².